The first kappa shape index (κ1) is 17.9. The van der Waals surface area contributed by atoms with Crippen molar-refractivity contribution in [3.05, 3.63) is 35.5 Å². The van der Waals surface area contributed by atoms with E-state index >= 15 is 0 Å². The molecule has 0 aliphatic carbocycles. The number of anilines is 1. The molecular weight excluding hydrogens is 340 g/mol. The van der Waals surface area contributed by atoms with Gasteiger partial charge in [-0.05, 0) is 24.5 Å². The highest BCUT2D eigenvalue weighted by molar-refractivity contribution is 5.94. The Morgan fingerprint density at radius 2 is 2.27 bits per heavy atom. The van der Waals surface area contributed by atoms with E-state index in [1.807, 2.05) is 12.1 Å². The van der Waals surface area contributed by atoms with Crippen LogP contribution in [0.25, 0.3) is 0 Å². The van der Waals surface area contributed by atoms with Crippen molar-refractivity contribution in [1.82, 2.24) is 15.5 Å². The molecule has 0 saturated carbocycles. The topological polar surface area (TPSA) is 116 Å². The molecule has 26 heavy (non-hydrogen) atoms. The first-order valence-electron chi connectivity index (χ1n) is 8.31. The molecule has 2 heterocycles. The maximum atomic E-state index is 11.9. The summed E-state index contributed by atoms with van der Waals surface area (Å²) in [4.78, 5) is 27.3. The number of aromatic nitrogens is 2. The second-order valence-corrected chi connectivity index (χ2v) is 5.77. The number of hydrogen-bond donors (Lipinski definition) is 2. The van der Waals surface area contributed by atoms with Gasteiger partial charge in [-0.3, -0.25) is 9.59 Å². The fourth-order valence-corrected chi connectivity index (χ4v) is 2.49. The summed E-state index contributed by atoms with van der Waals surface area (Å²) in [6, 6.07) is 5.49. The number of nitrogens with one attached hydrogen (secondary N) is 2. The van der Waals surface area contributed by atoms with Crippen LogP contribution >= 0.6 is 0 Å². The number of hydrogen-bond acceptors (Lipinski definition) is 7. The molecule has 1 aliphatic heterocycles. The molecule has 0 spiro atoms. The molecule has 138 valence electrons. The third kappa shape index (κ3) is 4.57. The van der Waals surface area contributed by atoms with Crippen LogP contribution in [0.4, 0.5) is 5.69 Å². The maximum Gasteiger partial charge on any atom is 0.316 e. The predicted molar refractivity (Wildman–Crippen MR) is 90.8 cm³/mol. The number of aryl methyl sites for hydroxylation is 1. The number of nitrogens with zero attached hydrogens (tertiary/aromatic N) is 2. The molecule has 0 atom stereocenters. The number of carbonyl (C=O) groups excluding carboxylic acids is 2. The third-order valence-corrected chi connectivity index (χ3v) is 3.82. The Morgan fingerprint density at radius 1 is 1.38 bits per heavy atom. The van der Waals surface area contributed by atoms with Crippen molar-refractivity contribution in [2.45, 2.75) is 25.9 Å². The van der Waals surface area contributed by atoms with Crippen molar-refractivity contribution in [2.75, 3.05) is 25.6 Å². The highest BCUT2D eigenvalue weighted by Gasteiger charge is 2.17. The zero-order chi connectivity index (χ0) is 18.4. The molecular formula is C17H20N4O5. The highest BCUT2D eigenvalue weighted by atomic mass is 16.5. The van der Waals surface area contributed by atoms with Gasteiger partial charge in [0.2, 0.25) is 11.7 Å². The summed E-state index contributed by atoms with van der Waals surface area (Å²) in [5.41, 5.74) is 1.83. The normalized spacial score (nSPS) is 13.0. The van der Waals surface area contributed by atoms with E-state index in [1.54, 1.807) is 13.2 Å². The van der Waals surface area contributed by atoms with Gasteiger partial charge in [-0.1, -0.05) is 11.2 Å². The number of benzene rings is 1. The first-order chi connectivity index (χ1) is 12.7. The fourth-order valence-electron chi connectivity index (χ4n) is 2.49. The molecule has 0 bridgehead atoms. The van der Waals surface area contributed by atoms with E-state index < -0.39 is 5.91 Å². The standard InChI is InChI=1S/C17H20N4O5/c1-24-8-2-7-18-16(23)17-20-14(21-26-17)10-25-12-5-3-11-4-6-15(22)19-13(11)9-12/h3,5,9H,2,4,6-8,10H2,1H3,(H,18,23)(H,19,22). The number of amides is 2. The number of rotatable bonds is 8. The average molecular weight is 360 g/mol. The summed E-state index contributed by atoms with van der Waals surface area (Å²) in [5.74, 6) is 0.277. The van der Waals surface area contributed by atoms with Crippen LogP contribution in [0.2, 0.25) is 0 Å². The third-order valence-electron chi connectivity index (χ3n) is 3.82. The SMILES string of the molecule is COCCCNC(=O)c1nc(COc2ccc3c(c2)NC(=O)CC3)no1. The van der Waals surface area contributed by atoms with E-state index in [1.165, 1.54) is 0 Å². The van der Waals surface area contributed by atoms with Gasteiger partial charge in [0.1, 0.15) is 5.75 Å². The zero-order valence-corrected chi connectivity index (χ0v) is 14.4. The number of fused-ring (bicyclic) bond motifs is 1. The molecule has 0 unspecified atom stereocenters. The Kier molecular flexibility index (Phi) is 5.80. The molecule has 9 heteroatoms. The lowest BCUT2D eigenvalue weighted by Crippen LogP contribution is -2.25. The Labute approximate surface area is 150 Å². The van der Waals surface area contributed by atoms with Gasteiger partial charge in [-0.2, -0.15) is 4.98 Å². The van der Waals surface area contributed by atoms with Gasteiger partial charge in [0, 0.05) is 38.4 Å². The molecule has 1 aromatic heterocycles. The monoisotopic (exact) mass is 360 g/mol. The fraction of sp³-hybridized carbons (Fsp3) is 0.412. The Morgan fingerprint density at radius 3 is 3.12 bits per heavy atom. The van der Waals surface area contributed by atoms with Crippen LogP contribution in [-0.2, 0) is 22.6 Å². The van der Waals surface area contributed by atoms with Crippen LogP contribution in [0.5, 0.6) is 5.75 Å². The number of carbonyl (C=O) groups is 2. The van der Waals surface area contributed by atoms with Gasteiger partial charge in [-0.15, -0.1) is 0 Å². The van der Waals surface area contributed by atoms with Crippen molar-refractivity contribution < 1.29 is 23.6 Å². The molecule has 2 aromatic rings. The summed E-state index contributed by atoms with van der Waals surface area (Å²) < 4.78 is 15.5. The van der Waals surface area contributed by atoms with Crippen molar-refractivity contribution in [2.24, 2.45) is 0 Å². The largest absolute Gasteiger partial charge is 0.485 e. The number of methoxy groups -OCH3 is 1. The second-order valence-electron chi connectivity index (χ2n) is 5.77. The van der Waals surface area contributed by atoms with Crippen LogP contribution < -0.4 is 15.4 Å². The lowest BCUT2D eigenvalue weighted by molar-refractivity contribution is -0.116. The maximum absolute atomic E-state index is 11.9. The summed E-state index contributed by atoms with van der Waals surface area (Å²) in [5, 5.41) is 9.21. The van der Waals surface area contributed by atoms with E-state index in [2.05, 4.69) is 20.8 Å². The van der Waals surface area contributed by atoms with E-state index in [0.29, 0.717) is 31.7 Å². The Hall–Kier alpha value is -2.94. The van der Waals surface area contributed by atoms with Crippen molar-refractivity contribution in [1.29, 1.82) is 0 Å². The molecule has 0 radical (unpaired) electrons. The lowest BCUT2D eigenvalue weighted by Gasteiger charge is -2.17. The van der Waals surface area contributed by atoms with Gasteiger partial charge in [-0.25, -0.2) is 0 Å². The summed E-state index contributed by atoms with van der Waals surface area (Å²) in [6.45, 7) is 1.07. The van der Waals surface area contributed by atoms with E-state index in [0.717, 1.165) is 17.7 Å². The van der Waals surface area contributed by atoms with Crippen molar-refractivity contribution in [3.63, 3.8) is 0 Å². The van der Waals surface area contributed by atoms with Crippen LogP contribution in [0, 0.1) is 0 Å². The smallest absolute Gasteiger partial charge is 0.316 e. The molecule has 0 fully saturated rings. The predicted octanol–water partition coefficient (Wildman–Crippen LogP) is 1.30. The quantitative estimate of drug-likeness (QED) is 0.682. The van der Waals surface area contributed by atoms with E-state index in [4.69, 9.17) is 14.0 Å². The summed E-state index contributed by atoms with van der Waals surface area (Å²) in [6.07, 6.45) is 1.91. The summed E-state index contributed by atoms with van der Waals surface area (Å²) >= 11 is 0. The van der Waals surface area contributed by atoms with Crippen LogP contribution in [0.15, 0.2) is 22.7 Å². The molecule has 1 aliphatic rings. The minimum atomic E-state index is -0.434. The van der Waals surface area contributed by atoms with Gasteiger partial charge in [0.25, 0.3) is 0 Å². The molecule has 3 rings (SSSR count). The summed E-state index contributed by atoms with van der Waals surface area (Å²) in [7, 11) is 1.60. The number of ether oxygens (including phenoxy) is 2. The van der Waals surface area contributed by atoms with E-state index in [-0.39, 0.29) is 24.2 Å². The van der Waals surface area contributed by atoms with Gasteiger partial charge >= 0.3 is 11.8 Å². The Balaban J connectivity index is 1.52. The molecule has 1 aromatic carbocycles. The van der Waals surface area contributed by atoms with Crippen LogP contribution in [0.1, 0.15) is 34.9 Å². The molecule has 2 amide bonds. The van der Waals surface area contributed by atoms with Gasteiger partial charge < -0.3 is 24.6 Å². The lowest BCUT2D eigenvalue weighted by atomic mass is 10.0. The van der Waals surface area contributed by atoms with Crippen LogP contribution in [0.3, 0.4) is 0 Å². The molecule has 2 N–H and O–H groups in total. The van der Waals surface area contributed by atoms with Crippen molar-refractivity contribution >= 4 is 17.5 Å². The molecule has 0 saturated heterocycles. The van der Waals surface area contributed by atoms with E-state index in [9.17, 15) is 9.59 Å². The first-order valence-corrected chi connectivity index (χ1v) is 8.31. The zero-order valence-electron chi connectivity index (χ0n) is 14.4. The average Bonchev–Trinajstić information content (AvgIpc) is 3.12. The Bertz CT molecular complexity index is 789. The second kappa shape index (κ2) is 8.43. The minimum absolute atomic E-state index is 0.00558. The van der Waals surface area contributed by atoms with Gasteiger partial charge in [0.15, 0.2) is 6.61 Å². The minimum Gasteiger partial charge on any atom is -0.485 e. The van der Waals surface area contributed by atoms with Crippen LogP contribution in [-0.4, -0.2) is 42.2 Å². The highest BCUT2D eigenvalue weighted by Crippen LogP contribution is 2.27. The molecule has 9 nitrogen and oxygen atoms in total. The van der Waals surface area contributed by atoms with Gasteiger partial charge in [0.05, 0.1) is 0 Å². The van der Waals surface area contributed by atoms with Crippen molar-refractivity contribution in [3.8, 4) is 5.75 Å².